The zero-order chi connectivity index (χ0) is 14.4. The molecule has 0 aliphatic carbocycles. The SMILES string of the molecule is CC(C)CNC(=O)COC(=O)c1ccc(Cl)c(N)c1. The lowest BCUT2D eigenvalue weighted by Crippen LogP contribution is -2.31. The fourth-order valence-electron chi connectivity index (χ4n) is 1.25. The first kappa shape index (κ1) is 15.3. The number of hydrogen-bond acceptors (Lipinski definition) is 4. The smallest absolute Gasteiger partial charge is 0.338 e. The monoisotopic (exact) mass is 284 g/mol. The number of rotatable bonds is 5. The highest BCUT2D eigenvalue weighted by Gasteiger charge is 2.11. The van der Waals surface area contributed by atoms with E-state index in [1.54, 1.807) is 0 Å². The van der Waals surface area contributed by atoms with Gasteiger partial charge < -0.3 is 15.8 Å². The summed E-state index contributed by atoms with van der Waals surface area (Å²) in [5.74, 6) is -0.595. The first-order chi connectivity index (χ1) is 8.90. The summed E-state index contributed by atoms with van der Waals surface area (Å²) in [4.78, 5) is 23.0. The van der Waals surface area contributed by atoms with Crippen LogP contribution in [0.1, 0.15) is 24.2 Å². The molecule has 0 aliphatic heterocycles. The molecule has 0 atom stereocenters. The van der Waals surface area contributed by atoms with Crippen LogP contribution in [0, 0.1) is 5.92 Å². The van der Waals surface area contributed by atoms with Gasteiger partial charge >= 0.3 is 5.97 Å². The number of halogens is 1. The van der Waals surface area contributed by atoms with E-state index in [1.807, 2.05) is 13.8 Å². The van der Waals surface area contributed by atoms with Crippen LogP contribution in [0.15, 0.2) is 18.2 Å². The highest BCUT2D eigenvalue weighted by molar-refractivity contribution is 6.33. The second-order valence-corrected chi connectivity index (χ2v) is 4.92. The third kappa shape index (κ3) is 5.18. The molecule has 0 bridgehead atoms. The Morgan fingerprint density at radius 3 is 2.68 bits per heavy atom. The van der Waals surface area contributed by atoms with Crippen molar-refractivity contribution < 1.29 is 14.3 Å². The number of nitrogens with two attached hydrogens (primary N) is 1. The number of carbonyl (C=O) groups is 2. The van der Waals surface area contributed by atoms with Crippen LogP contribution in [0.2, 0.25) is 5.02 Å². The van der Waals surface area contributed by atoms with Crippen molar-refractivity contribution in [2.45, 2.75) is 13.8 Å². The van der Waals surface area contributed by atoms with Crippen molar-refractivity contribution in [3.8, 4) is 0 Å². The summed E-state index contributed by atoms with van der Waals surface area (Å²) in [6.45, 7) is 4.18. The number of ether oxygens (including phenoxy) is 1. The van der Waals surface area contributed by atoms with Crippen LogP contribution >= 0.6 is 11.6 Å². The van der Waals surface area contributed by atoms with Gasteiger partial charge in [0, 0.05) is 6.54 Å². The molecule has 5 nitrogen and oxygen atoms in total. The summed E-state index contributed by atoms with van der Waals surface area (Å²) in [7, 11) is 0. The minimum atomic E-state index is -0.608. The highest BCUT2D eigenvalue weighted by Crippen LogP contribution is 2.19. The van der Waals surface area contributed by atoms with Crippen molar-refractivity contribution in [1.29, 1.82) is 0 Å². The first-order valence-electron chi connectivity index (χ1n) is 5.89. The van der Waals surface area contributed by atoms with E-state index >= 15 is 0 Å². The number of nitrogens with one attached hydrogen (secondary N) is 1. The van der Waals surface area contributed by atoms with Crippen LogP contribution in [0.25, 0.3) is 0 Å². The number of esters is 1. The summed E-state index contributed by atoms with van der Waals surface area (Å²) in [6, 6.07) is 4.41. The summed E-state index contributed by atoms with van der Waals surface area (Å²) >= 11 is 5.74. The number of anilines is 1. The van der Waals surface area contributed by atoms with Crippen LogP contribution in [0.3, 0.4) is 0 Å². The zero-order valence-corrected chi connectivity index (χ0v) is 11.7. The lowest BCUT2D eigenvalue weighted by molar-refractivity contribution is -0.124. The van der Waals surface area contributed by atoms with Crippen molar-refractivity contribution in [1.82, 2.24) is 5.32 Å². The molecule has 0 aliphatic rings. The third-order valence-electron chi connectivity index (χ3n) is 2.27. The average molecular weight is 285 g/mol. The van der Waals surface area contributed by atoms with Gasteiger partial charge in [-0.1, -0.05) is 25.4 Å². The maximum Gasteiger partial charge on any atom is 0.338 e. The van der Waals surface area contributed by atoms with Gasteiger partial charge in [-0.05, 0) is 24.1 Å². The molecule has 6 heteroatoms. The van der Waals surface area contributed by atoms with E-state index < -0.39 is 5.97 Å². The van der Waals surface area contributed by atoms with Crippen LogP contribution in [-0.4, -0.2) is 25.0 Å². The van der Waals surface area contributed by atoms with E-state index in [0.717, 1.165) is 0 Å². The van der Waals surface area contributed by atoms with Crippen LogP contribution in [-0.2, 0) is 9.53 Å². The Balaban J connectivity index is 2.47. The van der Waals surface area contributed by atoms with Crippen molar-refractivity contribution in [2.24, 2.45) is 5.92 Å². The molecule has 0 aromatic heterocycles. The second kappa shape index (κ2) is 6.99. The van der Waals surface area contributed by atoms with Crippen LogP contribution < -0.4 is 11.1 Å². The van der Waals surface area contributed by atoms with Gasteiger partial charge in [0.05, 0.1) is 16.3 Å². The van der Waals surface area contributed by atoms with Gasteiger partial charge in [0.25, 0.3) is 5.91 Å². The summed E-state index contributed by atoms with van der Waals surface area (Å²) in [5.41, 5.74) is 6.13. The van der Waals surface area contributed by atoms with E-state index in [9.17, 15) is 9.59 Å². The Bertz CT molecular complexity index is 475. The normalized spacial score (nSPS) is 10.3. The third-order valence-corrected chi connectivity index (χ3v) is 2.62. The fraction of sp³-hybridized carbons (Fsp3) is 0.385. The predicted octanol–water partition coefficient (Wildman–Crippen LogP) is 1.85. The topological polar surface area (TPSA) is 81.4 Å². The van der Waals surface area contributed by atoms with Gasteiger partial charge in [-0.3, -0.25) is 4.79 Å². The maximum atomic E-state index is 11.6. The van der Waals surface area contributed by atoms with E-state index in [-0.39, 0.29) is 18.1 Å². The lowest BCUT2D eigenvalue weighted by Gasteiger charge is -2.08. The van der Waals surface area contributed by atoms with Crippen molar-refractivity contribution in [3.05, 3.63) is 28.8 Å². The van der Waals surface area contributed by atoms with Gasteiger partial charge in [0.1, 0.15) is 0 Å². The average Bonchev–Trinajstić information content (AvgIpc) is 2.36. The number of nitrogen functional groups attached to an aromatic ring is 1. The highest BCUT2D eigenvalue weighted by atomic mass is 35.5. The molecule has 1 aromatic rings. The van der Waals surface area contributed by atoms with Gasteiger partial charge in [0.2, 0.25) is 0 Å². The quantitative estimate of drug-likeness (QED) is 0.639. The molecule has 0 spiro atoms. The molecular weight excluding hydrogens is 268 g/mol. The molecule has 0 saturated heterocycles. The molecule has 1 aromatic carbocycles. The van der Waals surface area contributed by atoms with Crippen molar-refractivity contribution in [2.75, 3.05) is 18.9 Å². The van der Waals surface area contributed by atoms with Crippen LogP contribution in [0.5, 0.6) is 0 Å². The van der Waals surface area contributed by atoms with Crippen molar-refractivity contribution in [3.63, 3.8) is 0 Å². The Hall–Kier alpha value is -1.75. The van der Waals surface area contributed by atoms with Gasteiger partial charge in [0.15, 0.2) is 6.61 Å². The van der Waals surface area contributed by atoms with E-state index in [2.05, 4.69) is 5.32 Å². The molecule has 0 radical (unpaired) electrons. The minimum Gasteiger partial charge on any atom is -0.452 e. The molecule has 1 rings (SSSR count). The molecule has 0 unspecified atom stereocenters. The predicted molar refractivity (Wildman–Crippen MR) is 74.0 cm³/mol. The fourth-order valence-corrected chi connectivity index (χ4v) is 1.37. The number of amides is 1. The lowest BCUT2D eigenvalue weighted by atomic mass is 10.2. The van der Waals surface area contributed by atoms with Gasteiger partial charge in [-0.2, -0.15) is 0 Å². The molecular formula is C13H17ClN2O3. The Morgan fingerprint density at radius 1 is 1.42 bits per heavy atom. The number of benzene rings is 1. The standard InChI is InChI=1S/C13H17ClN2O3/c1-8(2)6-16-12(17)7-19-13(18)9-3-4-10(14)11(15)5-9/h3-5,8H,6-7,15H2,1-2H3,(H,16,17). The Morgan fingerprint density at radius 2 is 2.11 bits per heavy atom. The van der Waals surface area contributed by atoms with Crippen molar-refractivity contribution >= 4 is 29.2 Å². The molecule has 19 heavy (non-hydrogen) atoms. The molecule has 1 amide bonds. The number of hydrogen-bond donors (Lipinski definition) is 2. The number of carbonyl (C=O) groups excluding carboxylic acids is 2. The molecule has 0 fully saturated rings. The Kier molecular flexibility index (Phi) is 5.63. The van der Waals surface area contributed by atoms with Crippen LogP contribution in [0.4, 0.5) is 5.69 Å². The maximum absolute atomic E-state index is 11.6. The second-order valence-electron chi connectivity index (χ2n) is 4.51. The molecule has 0 saturated carbocycles. The molecule has 0 heterocycles. The van der Waals surface area contributed by atoms with E-state index in [1.165, 1.54) is 18.2 Å². The van der Waals surface area contributed by atoms with Gasteiger partial charge in [-0.25, -0.2) is 4.79 Å². The van der Waals surface area contributed by atoms with E-state index in [0.29, 0.717) is 23.2 Å². The minimum absolute atomic E-state index is 0.263. The Labute approximate surface area is 117 Å². The summed E-state index contributed by atoms with van der Waals surface area (Å²) < 4.78 is 4.87. The summed E-state index contributed by atoms with van der Waals surface area (Å²) in [5, 5.41) is 3.01. The molecule has 104 valence electrons. The summed E-state index contributed by atoms with van der Waals surface area (Å²) in [6.07, 6.45) is 0. The van der Waals surface area contributed by atoms with Gasteiger partial charge in [-0.15, -0.1) is 0 Å². The molecule has 3 N–H and O–H groups in total. The largest absolute Gasteiger partial charge is 0.452 e. The zero-order valence-electron chi connectivity index (χ0n) is 10.9. The van der Waals surface area contributed by atoms with E-state index in [4.69, 9.17) is 22.1 Å². The first-order valence-corrected chi connectivity index (χ1v) is 6.26.